The number of thiazole rings is 1. The molecule has 0 saturated carbocycles. The molecule has 0 aliphatic carbocycles. The van der Waals surface area contributed by atoms with E-state index in [9.17, 15) is 0 Å². The van der Waals surface area contributed by atoms with Crippen LogP contribution in [0.3, 0.4) is 0 Å². The van der Waals surface area contributed by atoms with Crippen molar-refractivity contribution in [3.05, 3.63) is 29.1 Å². The highest BCUT2D eigenvalue weighted by atomic mass is 32.1. The molecule has 1 aromatic heterocycles. The third-order valence-corrected chi connectivity index (χ3v) is 3.53. The molecule has 2 N–H and O–H groups in total. The van der Waals surface area contributed by atoms with E-state index >= 15 is 0 Å². The minimum Gasteiger partial charge on any atom is -0.496 e. The number of benzene rings is 1. The zero-order chi connectivity index (χ0) is 12.4. The smallest absolute Gasteiger partial charge is 0.135 e. The largest absolute Gasteiger partial charge is 0.496 e. The minimum atomic E-state index is 0.419. The molecule has 0 fully saturated rings. The standard InChI is InChI=1S/C13H16N2OS/c1-8(2)10-6-9(4-5-11(10)16-3)13-15-12(14)7-17-13/h4-8H,14H2,1-3H3. The Labute approximate surface area is 105 Å². The summed E-state index contributed by atoms with van der Waals surface area (Å²) in [5, 5.41) is 2.81. The lowest BCUT2D eigenvalue weighted by Gasteiger charge is -2.12. The molecular formula is C13H16N2OS. The Kier molecular flexibility index (Phi) is 3.33. The van der Waals surface area contributed by atoms with Crippen LogP contribution in [0.4, 0.5) is 5.82 Å². The summed E-state index contributed by atoms with van der Waals surface area (Å²) < 4.78 is 5.36. The van der Waals surface area contributed by atoms with E-state index in [1.165, 1.54) is 5.56 Å². The Morgan fingerprint density at radius 3 is 2.65 bits per heavy atom. The van der Waals surface area contributed by atoms with Gasteiger partial charge in [-0.3, -0.25) is 0 Å². The summed E-state index contributed by atoms with van der Waals surface area (Å²) in [5.41, 5.74) is 7.93. The Hall–Kier alpha value is -1.55. The Bertz CT molecular complexity index is 520. The van der Waals surface area contributed by atoms with Gasteiger partial charge >= 0.3 is 0 Å². The van der Waals surface area contributed by atoms with Crippen LogP contribution in [0.15, 0.2) is 23.6 Å². The molecule has 0 amide bonds. The van der Waals surface area contributed by atoms with Crippen LogP contribution >= 0.6 is 11.3 Å². The van der Waals surface area contributed by atoms with Gasteiger partial charge in [-0.05, 0) is 29.7 Å². The molecule has 3 nitrogen and oxygen atoms in total. The lowest BCUT2D eigenvalue weighted by molar-refractivity contribution is 0.407. The van der Waals surface area contributed by atoms with Gasteiger partial charge in [0.15, 0.2) is 0 Å². The zero-order valence-electron chi connectivity index (χ0n) is 10.2. The second kappa shape index (κ2) is 4.75. The highest BCUT2D eigenvalue weighted by molar-refractivity contribution is 7.13. The summed E-state index contributed by atoms with van der Waals surface area (Å²) in [6.45, 7) is 4.30. The normalized spacial score (nSPS) is 10.8. The van der Waals surface area contributed by atoms with E-state index in [0.29, 0.717) is 11.7 Å². The predicted octanol–water partition coefficient (Wildman–Crippen LogP) is 3.52. The Balaban J connectivity index is 2.47. The van der Waals surface area contributed by atoms with E-state index in [-0.39, 0.29) is 0 Å². The first-order valence-corrected chi connectivity index (χ1v) is 6.39. The molecular weight excluding hydrogens is 232 g/mol. The molecule has 2 rings (SSSR count). The van der Waals surface area contributed by atoms with Gasteiger partial charge in [0.1, 0.15) is 16.6 Å². The SMILES string of the molecule is COc1ccc(-c2nc(N)cs2)cc1C(C)C. The number of anilines is 1. The summed E-state index contributed by atoms with van der Waals surface area (Å²) in [6.07, 6.45) is 0. The number of methoxy groups -OCH3 is 1. The van der Waals surface area contributed by atoms with Crippen molar-refractivity contribution in [3.63, 3.8) is 0 Å². The molecule has 0 atom stereocenters. The van der Waals surface area contributed by atoms with E-state index in [4.69, 9.17) is 10.5 Å². The molecule has 0 aliphatic heterocycles. The number of ether oxygens (including phenoxy) is 1. The quantitative estimate of drug-likeness (QED) is 0.904. The van der Waals surface area contributed by atoms with Crippen molar-refractivity contribution in [2.75, 3.05) is 12.8 Å². The molecule has 0 unspecified atom stereocenters. The number of nitrogens with two attached hydrogens (primary N) is 1. The fourth-order valence-electron chi connectivity index (χ4n) is 1.74. The number of nitrogens with zero attached hydrogens (tertiary/aromatic N) is 1. The van der Waals surface area contributed by atoms with Crippen molar-refractivity contribution in [1.29, 1.82) is 0 Å². The number of rotatable bonds is 3. The maximum absolute atomic E-state index is 5.64. The monoisotopic (exact) mass is 248 g/mol. The Morgan fingerprint density at radius 1 is 1.35 bits per heavy atom. The van der Waals surface area contributed by atoms with E-state index in [0.717, 1.165) is 16.3 Å². The van der Waals surface area contributed by atoms with Crippen LogP contribution < -0.4 is 10.5 Å². The molecule has 0 radical (unpaired) electrons. The van der Waals surface area contributed by atoms with Crippen LogP contribution in [0.1, 0.15) is 25.3 Å². The van der Waals surface area contributed by atoms with Crippen LogP contribution in [0.25, 0.3) is 10.6 Å². The molecule has 0 bridgehead atoms. The van der Waals surface area contributed by atoms with Gasteiger partial charge in [-0.15, -0.1) is 11.3 Å². The van der Waals surface area contributed by atoms with Crippen LogP contribution in [0.5, 0.6) is 5.75 Å². The second-order valence-electron chi connectivity index (χ2n) is 4.19. The minimum absolute atomic E-state index is 0.419. The number of hydrogen-bond donors (Lipinski definition) is 1. The van der Waals surface area contributed by atoms with Crippen molar-refractivity contribution in [1.82, 2.24) is 4.98 Å². The summed E-state index contributed by atoms with van der Waals surface area (Å²) in [5.74, 6) is 1.92. The van der Waals surface area contributed by atoms with Gasteiger partial charge in [-0.25, -0.2) is 4.98 Å². The van der Waals surface area contributed by atoms with Gasteiger partial charge in [0.2, 0.25) is 0 Å². The van der Waals surface area contributed by atoms with Crippen LogP contribution in [0.2, 0.25) is 0 Å². The third-order valence-electron chi connectivity index (χ3n) is 2.62. The second-order valence-corrected chi connectivity index (χ2v) is 5.05. The highest BCUT2D eigenvalue weighted by Crippen LogP contribution is 2.32. The number of nitrogen functional groups attached to an aromatic ring is 1. The lowest BCUT2D eigenvalue weighted by Crippen LogP contribution is -1.94. The van der Waals surface area contributed by atoms with E-state index in [2.05, 4.69) is 24.9 Å². The molecule has 1 aromatic carbocycles. The van der Waals surface area contributed by atoms with E-state index < -0.39 is 0 Å². The van der Waals surface area contributed by atoms with Gasteiger partial charge < -0.3 is 10.5 Å². The fourth-order valence-corrected chi connectivity index (χ4v) is 2.44. The van der Waals surface area contributed by atoms with Crippen LogP contribution in [-0.2, 0) is 0 Å². The number of hydrogen-bond acceptors (Lipinski definition) is 4. The average molecular weight is 248 g/mol. The van der Waals surface area contributed by atoms with Crippen molar-refractivity contribution < 1.29 is 4.74 Å². The molecule has 4 heteroatoms. The van der Waals surface area contributed by atoms with Crippen molar-refractivity contribution in [2.45, 2.75) is 19.8 Å². The molecule has 2 aromatic rings. The van der Waals surface area contributed by atoms with Crippen LogP contribution in [-0.4, -0.2) is 12.1 Å². The van der Waals surface area contributed by atoms with Gasteiger partial charge in [0, 0.05) is 10.9 Å². The first kappa shape index (κ1) is 11.9. The summed E-state index contributed by atoms with van der Waals surface area (Å²) in [6, 6.07) is 6.13. The summed E-state index contributed by atoms with van der Waals surface area (Å²) >= 11 is 1.56. The van der Waals surface area contributed by atoms with Crippen molar-refractivity contribution >= 4 is 17.2 Å². The van der Waals surface area contributed by atoms with Crippen molar-refractivity contribution in [2.24, 2.45) is 0 Å². The Morgan fingerprint density at radius 2 is 2.12 bits per heavy atom. The number of aromatic nitrogens is 1. The fraction of sp³-hybridized carbons (Fsp3) is 0.308. The molecule has 90 valence electrons. The maximum atomic E-state index is 5.64. The predicted molar refractivity (Wildman–Crippen MR) is 72.6 cm³/mol. The molecule has 0 aliphatic rings. The van der Waals surface area contributed by atoms with E-state index in [1.54, 1.807) is 18.4 Å². The molecule has 0 saturated heterocycles. The van der Waals surface area contributed by atoms with Crippen molar-refractivity contribution in [3.8, 4) is 16.3 Å². The zero-order valence-corrected chi connectivity index (χ0v) is 11.0. The lowest BCUT2D eigenvalue weighted by atomic mass is 10.00. The molecule has 1 heterocycles. The third kappa shape index (κ3) is 2.42. The van der Waals surface area contributed by atoms with Gasteiger partial charge in [-0.1, -0.05) is 13.8 Å². The first-order chi connectivity index (χ1) is 8.11. The first-order valence-electron chi connectivity index (χ1n) is 5.51. The van der Waals surface area contributed by atoms with Gasteiger partial charge in [0.05, 0.1) is 7.11 Å². The topological polar surface area (TPSA) is 48.1 Å². The van der Waals surface area contributed by atoms with Crippen LogP contribution in [0, 0.1) is 0 Å². The van der Waals surface area contributed by atoms with E-state index in [1.807, 2.05) is 17.5 Å². The van der Waals surface area contributed by atoms with Gasteiger partial charge in [-0.2, -0.15) is 0 Å². The molecule has 17 heavy (non-hydrogen) atoms. The summed E-state index contributed by atoms with van der Waals surface area (Å²) in [7, 11) is 1.70. The van der Waals surface area contributed by atoms with Gasteiger partial charge in [0.25, 0.3) is 0 Å². The highest BCUT2D eigenvalue weighted by Gasteiger charge is 2.10. The molecule has 0 spiro atoms. The average Bonchev–Trinajstić information content (AvgIpc) is 2.75. The maximum Gasteiger partial charge on any atom is 0.135 e. The summed E-state index contributed by atoms with van der Waals surface area (Å²) in [4.78, 5) is 4.29.